The van der Waals surface area contributed by atoms with Gasteiger partial charge in [-0.2, -0.15) is 0 Å². The Morgan fingerprint density at radius 3 is 2.17 bits per heavy atom. The van der Waals surface area contributed by atoms with Gasteiger partial charge in [0.25, 0.3) is 0 Å². The minimum Gasteiger partial charge on any atom is -0.477 e. The highest BCUT2D eigenvalue weighted by molar-refractivity contribution is 9.10. The molecule has 5 rings (SSSR count). The van der Waals surface area contributed by atoms with Gasteiger partial charge in [-0.1, -0.05) is 82.7 Å². The fourth-order valence-corrected chi connectivity index (χ4v) is 4.55. The Balaban J connectivity index is 1.68. The Labute approximate surface area is 181 Å². The molecule has 1 aliphatic carbocycles. The number of fused-ring (bicyclic) bond motifs is 1. The molecule has 3 aromatic carbocycles. The molecule has 5 heteroatoms. The standard InChI is InChI=1S/C25H15BrO4/c26-16-10-6-9-15(13-16)19-20-22(28)17-11-4-5-12-18(17)23(29)25(20)30-24(19)21(27)14-7-2-1-3-8-14/h1-13,19,24H/t19-,24-/m0/s1. The summed E-state index contributed by atoms with van der Waals surface area (Å²) in [5.41, 5.74) is 2.12. The van der Waals surface area contributed by atoms with Gasteiger partial charge in [-0.15, -0.1) is 0 Å². The fraction of sp³-hybridized carbons (Fsp3) is 0.0800. The summed E-state index contributed by atoms with van der Waals surface area (Å²) in [5, 5.41) is 0. The van der Waals surface area contributed by atoms with E-state index in [2.05, 4.69) is 15.9 Å². The summed E-state index contributed by atoms with van der Waals surface area (Å²) >= 11 is 3.46. The van der Waals surface area contributed by atoms with Crippen LogP contribution in [0.1, 0.15) is 42.6 Å². The lowest BCUT2D eigenvalue weighted by molar-refractivity contribution is 0.0640. The van der Waals surface area contributed by atoms with Gasteiger partial charge in [0.2, 0.25) is 11.6 Å². The van der Waals surface area contributed by atoms with Gasteiger partial charge in [0.1, 0.15) is 0 Å². The Kier molecular flexibility index (Phi) is 4.48. The van der Waals surface area contributed by atoms with Crippen molar-refractivity contribution in [3.8, 4) is 0 Å². The quantitative estimate of drug-likeness (QED) is 0.509. The van der Waals surface area contributed by atoms with Crippen molar-refractivity contribution < 1.29 is 19.1 Å². The summed E-state index contributed by atoms with van der Waals surface area (Å²) in [5.74, 6) is -1.58. The summed E-state index contributed by atoms with van der Waals surface area (Å²) < 4.78 is 6.79. The molecule has 0 saturated heterocycles. The van der Waals surface area contributed by atoms with Gasteiger partial charge in [-0.25, -0.2) is 0 Å². The van der Waals surface area contributed by atoms with Crippen molar-refractivity contribution in [2.45, 2.75) is 12.0 Å². The zero-order chi connectivity index (χ0) is 20.8. The Morgan fingerprint density at radius 1 is 0.800 bits per heavy atom. The SMILES string of the molecule is O=C1C2=C(C(=O)c3ccccc31)[C@H](c1cccc(Br)c1)[C@@H](C(=O)c1ccccc1)O2. The molecule has 0 bridgehead atoms. The molecule has 0 amide bonds. The lowest BCUT2D eigenvalue weighted by Gasteiger charge is -2.21. The van der Waals surface area contributed by atoms with Crippen LogP contribution in [-0.4, -0.2) is 23.5 Å². The van der Waals surface area contributed by atoms with E-state index < -0.39 is 12.0 Å². The van der Waals surface area contributed by atoms with E-state index in [1.165, 1.54) is 0 Å². The number of ketones is 3. The molecule has 2 aliphatic rings. The molecule has 0 unspecified atom stereocenters. The first-order valence-electron chi connectivity index (χ1n) is 9.50. The lowest BCUT2D eigenvalue weighted by atomic mass is 9.78. The second-order valence-corrected chi connectivity index (χ2v) is 8.16. The molecular formula is C25H15BrO4. The minimum atomic E-state index is -0.992. The Morgan fingerprint density at radius 2 is 1.47 bits per heavy atom. The molecule has 30 heavy (non-hydrogen) atoms. The van der Waals surface area contributed by atoms with Crippen LogP contribution < -0.4 is 0 Å². The molecule has 0 N–H and O–H groups in total. The van der Waals surface area contributed by atoms with Gasteiger partial charge < -0.3 is 4.74 Å². The second-order valence-electron chi connectivity index (χ2n) is 7.25. The summed E-state index contributed by atoms with van der Waals surface area (Å²) in [6, 6.07) is 22.9. The maximum absolute atomic E-state index is 13.4. The van der Waals surface area contributed by atoms with Gasteiger partial charge >= 0.3 is 0 Å². The Bertz CT molecular complexity index is 1240. The van der Waals surface area contributed by atoms with E-state index in [4.69, 9.17) is 4.74 Å². The number of allylic oxidation sites excluding steroid dienone is 1. The first-order chi connectivity index (χ1) is 14.6. The normalized spacial score (nSPS) is 19.9. The predicted octanol–water partition coefficient (Wildman–Crippen LogP) is 5.15. The summed E-state index contributed by atoms with van der Waals surface area (Å²) in [7, 11) is 0. The average molecular weight is 459 g/mol. The number of carbonyl (C=O) groups excluding carboxylic acids is 3. The number of rotatable bonds is 3. The van der Waals surface area contributed by atoms with Gasteiger partial charge in [0.05, 0.1) is 11.5 Å². The highest BCUT2D eigenvalue weighted by Gasteiger charge is 2.50. The lowest BCUT2D eigenvalue weighted by Crippen LogP contribution is -2.28. The maximum atomic E-state index is 13.4. The molecule has 0 fully saturated rings. The van der Waals surface area contributed by atoms with Gasteiger partial charge in [0, 0.05) is 21.2 Å². The molecule has 1 aliphatic heterocycles. The number of carbonyl (C=O) groups is 3. The fourth-order valence-electron chi connectivity index (χ4n) is 4.13. The molecule has 0 aromatic heterocycles. The van der Waals surface area contributed by atoms with Crippen LogP contribution in [0.4, 0.5) is 0 Å². The monoisotopic (exact) mass is 458 g/mol. The van der Waals surface area contributed by atoms with Crippen molar-refractivity contribution in [2.24, 2.45) is 0 Å². The van der Waals surface area contributed by atoms with E-state index in [-0.39, 0.29) is 28.7 Å². The molecule has 146 valence electrons. The summed E-state index contributed by atoms with van der Waals surface area (Å²) in [6.45, 7) is 0. The largest absolute Gasteiger partial charge is 0.477 e. The first-order valence-corrected chi connectivity index (χ1v) is 10.3. The zero-order valence-corrected chi connectivity index (χ0v) is 17.3. The smallest absolute Gasteiger partial charge is 0.228 e. The third-order valence-electron chi connectivity index (χ3n) is 5.49. The van der Waals surface area contributed by atoms with E-state index in [9.17, 15) is 14.4 Å². The molecular weight excluding hydrogens is 444 g/mol. The minimum absolute atomic E-state index is 0.0158. The van der Waals surface area contributed by atoms with Crippen molar-refractivity contribution >= 4 is 33.3 Å². The van der Waals surface area contributed by atoms with Crippen molar-refractivity contribution in [1.29, 1.82) is 0 Å². The highest BCUT2D eigenvalue weighted by Crippen LogP contribution is 2.46. The number of halogens is 1. The molecule has 0 spiro atoms. The van der Waals surface area contributed by atoms with Crippen molar-refractivity contribution in [3.63, 3.8) is 0 Å². The maximum Gasteiger partial charge on any atom is 0.228 e. The number of ether oxygens (including phenoxy) is 1. The molecule has 4 nitrogen and oxygen atoms in total. The van der Waals surface area contributed by atoms with Crippen molar-refractivity contribution in [1.82, 2.24) is 0 Å². The zero-order valence-electron chi connectivity index (χ0n) is 15.7. The van der Waals surface area contributed by atoms with E-state index in [1.807, 2.05) is 30.3 Å². The molecule has 3 aromatic rings. The van der Waals surface area contributed by atoms with Crippen LogP contribution >= 0.6 is 15.9 Å². The number of hydrogen-bond donors (Lipinski definition) is 0. The van der Waals surface area contributed by atoms with Crippen LogP contribution in [0.2, 0.25) is 0 Å². The van der Waals surface area contributed by atoms with Crippen molar-refractivity contribution in [2.75, 3.05) is 0 Å². The van der Waals surface area contributed by atoms with E-state index in [1.54, 1.807) is 48.5 Å². The van der Waals surface area contributed by atoms with E-state index >= 15 is 0 Å². The van der Waals surface area contributed by atoms with Crippen LogP contribution in [-0.2, 0) is 4.74 Å². The molecule has 0 saturated carbocycles. The van der Waals surface area contributed by atoms with Gasteiger partial charge in [-0.3, -0.25) is 14.4 Å². The van der Waals surface area contributed by atoms with Gasteiger partial charge in [-0.05, 0) is 17.7 Å². The van der Waals surface area contributed by atoms with Crippen LogP contribution in [0, 0.1) is 0 Å². The second kappa shape index (κ2) is 7.18. The van der Waals surface area contributed by atoms with Crippen LogP contribution in [0.3, 0.4) is 0 Å². The number of hydrogen-bond acceptors (Lipinski definition) is 4. The van der Waals surface area contributed by atoms with Crippen LogP contribution in [0.5, 0.6) is 0 Å². The third-order valence-corrected chi connectivity index (χ3v) is 5.99. The Hall–Kier alpha value is -3.31. The van der Waals surface area contributed by atoms with Gasteiger partial charge in [0.15, 0.2) is 17.6 Å². The molecule has 2 atom stereocenters. The van der Waals surface area contributed by atoms with Crippen LogP contribution in [0.25, 0.3) is 0 Å². The number of Topliss-reactive ketones (excluding diaryl/α,β-unsaturated/α-hetero) is 3. The van der Waals surface area contributed by atoms with E-state index in [0.29, 0.717) is 16.7 Å². The predicted molar refractivity (Wildman–Crippen MR) is 115 cm³/mol. The molecule has 1 heterocycles. The summed E-state index contributed by atoms with van der Waals surface area (Å²) in [6.07, 6.45) is -0.992. The van der Waals surface area contributed by atoms with Crippen molar-refractivity contribution in [3.05, 3.63) is 117 Å². The molecule has 0 radical (unpaired) electrons. The first kappa shape index (κ1) is 18.7. The highest BCUT2D eigenvalue weighted by atomic mass is 79.9. The average Bonchev–Trinajstić information content (AvgIpc) is 3.19. The third kappa shape index (κ3) is 2.85. The van der Waals surface area contributed by atoms with E-state index in [0.717, 1.165) is 10.0 Å². The topological polar surface area (TPSA) is 60.4 Å². The number of benzene rings is 3. The summed E-state index contributed by atoms with van der Waals surface area (Å²) in [4.78, 5) is 39.9. The van der Waals surface area contributed by atoms with Crippen LogP contribution in [0.15, 0.2) is 94.7 Å².